The molecule has 0 radical (unpaired) electrons. The van der Waals surface area contributed by atoms with Crippen LogP contribution in [-0.4, -0.2) is 20.5 Å². The first-order chi connectivity index (χ1) is 9.92. The summed E-state index contributed by atoms with van der Waals surface area (Å²) in [7, 11) is -2.17. The zero-order valence-electron chi connectivity index (χ0n) is 11.8. The van der Waals surface area contributed by atoms with Gasteiger partial charge in [-0.25, -0.2) is 13.1 Å². The number of ether oxygens (including phenoxy) is 1. The van der Waals surface area contributed by atoms with E-state index < -0.39 is 10.0 Å². The molecule has 0 saturated carbocycles. The van der Waals surface area contributed by atoms with E-state index in [4.69, 9.17) is 10.5 Å². The molecule has 1 aromatic heterocycles. The molecule has 0 fully saturated rings. The molecule has 2 aromatic rings. The molecule has 0 amide bonds. The number of pyridine rings is 1. The summed E-state index contributed by atoms with van der Waals surface area (Å²) >= 11 is 0. The monoisotopic (exact) mass is 307 g/mol. The molecule has 21 heavy (non-hydrogen) atoms. The van der Waals surface area contributed by atoms with Gasteiger partial charge in [-0.3, -0.25) is 4.98 Å². The highest BCUT2D eigenvalue weighted by Crippen LogP contribution is 2.24. The number of rotatable bonds is 5. The summed E-state index contributed by atoms with van der Waals surface area (Å²) in [5, 5.41) is 0. The van der Waals surface area contributed by atoms with Crippen LogP contribution in [0.4, 0.5) is 5.69 Å². The van der Waals surface area contributed by atoms with Gasteiger partial charge in [0.2, 0.25) is 10.0 Å². The van der Waals surface area contributed by atoms with Crippen molar-refractivity contribution in [3.63, 3.8) is 0 Å². The number of hydrogen-bond donors (Lipinski definition) is 2. The van der Waals surface area contributed by atoms with Crippen molar-refractivity contribution in [1.82, 2.24) is 9.71 Å². The summed E-state index contributed by atoms with van der Waals surface area (Å²) < 4.78 is 31.9. The number of anilines is 1. The molecule has 0 bridgehead atoms. The van der Waals surface area contributed by atoms with Crippen molar-refractivity contribution in [3.05, 3.63) is 47.8 Å². The van der Waals surface area contributed by atoms with Gasteiger partial charge >= 0.3 is 0 Å². The summed E-state index contributed by atoms with van der Waals surface area (Å²) in [5.41, 5.74) is 7.48. The first-order valence-corrected chi connectivity index (χ1v) is 7.76. The molecule has 0 spiro atoms. The molecule has 6 nitrogen and oxygen atoms in total. The Morgan fingerprint density at radius 2 is 2.05 bits per heavy atom. The van der Waals surface area contributed by atoms with Gasteiger partial charge < -0.3 is 10.5 Å². The summed E-state index contributed by atoms with van der Waals surface area (Å²) in [6.45, 7) is 1.97. The first kappa shape index (κ1) is 15.3. The molecular weight excluding hydrogens is 290 g/mol. The Morgan fingerprint density at radius 1 is 1.29 bits per heavy atom. The average Bonchev–Trinajstić information content (AvgIpc) is 2.45. The van der Waals surface area contributed by atoms with Crippen LogP contribution < -0.4 is 15.2 Å². The average molecular weight is 307 g/mol. The van der Waals surface area contributed by atoms with E-state index in [9.17, 15) is 8.42 Å². The smallest absolute Gasteiger partial charge is 0.241 e. The van der Waals surface area contributed by atoms with Crippen molar-refractivity contribution in [2.75, 3.05) is 12.8 Å². The molecule has 0 unspecified atom stereocenters. The fourth-order valence-electron chi connectivity index (χ4n) is 1.83. The summed E-state index contributed by atoms with van der Waals surface area (Å²) in [4.78, 5) is 4.33. The zero-order chi connectivity index (χ0) is 15.5. The van der Waals surface area contributed by atoms with Crippen LogP contribution in [0, 0.1) is 6.92 Å². The maximum atomic E-state index is 12.2. The molecule has 0 aliphatic carbocycles. The Hall–Kier alpha value is -2.12. The Labute approximate surface area is 124 Å². The lowest BCUT2D eigenvalue weighted by molar-refractivity contribution is 0.416. The minimum Gasteiger partial charge on any atom is -0.495 e. The van der Waals surface area contributed by atoms with E-state index in [0.717, 1.165) is 5.69 Å². The Balaban J connectivity index is 2.17. The molecule has 0 aliphatic heterocycles. The minimum atomic E-state index is -3.64. The molecule has 112 valence electrons. The van der Waals surface area contributed by atoms with E-state index in [1.165, 1.54) is 25.3 Å². The van der Waals surface area contributed by atoms with Crippen molar-refractivity contribution in [3.8, 4) is 5.75 Å². The molecule has 3 N–H and O–H groups in total. The third-order valence-corrected chi connectivity index (χ3v) is 4.30. The van der Waals surface area contributed by atoms with Gasteiger partial charge in [0.1, 0.15) is 5.75 Å². The number of nitrogen functional groups attached to an aromatic ring is 1. The van der Waals surface area contributed by atoms with Gasteiger partial charge in [-0.15, -0.1) is 0 Å². The standard InChI is InChI=1S/C14H17N3O3S/c1-10-4-3-5-11(17-10)9-16-21(18,19)12-6-7-14(20-2)13(15)8-12/h3-8,16H,9,15H2,1-2H3. The maximum absolute atomic E-state index is 12.2. The number of methoxy groups -OCH3 is 1. The number of hydrogen-bond acceptors (Lipinski definition) is 5. The predicted octanol–water partition coefficient (Wildman–Crippen LogP) is 1.46. The van der Waals surface area contributed by atoms with E-state index in [1.54, 1.807) is 6.07 Å². The van der Waals surface area contributed by atoms with Gasteiger partial charge in [-0.2, -0.15) is 0 Å². The van der Waals surface area contributed by atoms with E-state index in [1.807, 2.05) is 19.1 Å². The Morgan fingerprint density at radius 3 is 2.67 bits per heavy atom. The number of nitrogens with zero attached hydrogens (tertiary/aromatic N) is 1. The van der Waals surface area contributed by atoms with Gasteiger partial charge in [0.05, 0.1) is 29.9 Å². The van der Waals surface area contributed by atoms with Crippen LogP contribution in [0.15, 0.2) is 41.3 Å². The van der Waals surface area contributed by atoms with E-state index >= 15 is 0 Å². The largest absolute Gasteiger partial charge is 0.495 e. The SMILES string of the molecule is COc1ccc(S(=O)(=O)NCc2cccc(C)n2)cc1N. The molecule has 1 heterocycles. The van der Waals surface area contributed by atoms with Gasteiger partial charge in [0.15, 0.2) is 0 Å². The molecular formula is C14H17N3O3S. The van der Waals surface area contributed by atoms with Crippen molar-refractivity contribution in [2.24, 2.45) is 0 Å². The highest BCUT2D eigenvalue weighted by molar-refractivity contribution is 7.89. The van der Waals surface area contributed by atoms with Gasteiger partial charge in [-0.1, -0.05) is 6.07 Å². The van der Waals surface area contributed by atoms with Crippen LogP contribution in [0.5, 0.6) is 5.75 Å². The summed E-state index contributed by atoms with van der Waals surface area (Å²) in [6, 6.07) is 9.78. The third-order valence-electron chi connectivity index (χ3n) is 2.90. The first-order valence-electron chi connectivity index (χ1n) is 6.28. The fraction of sp³-hybridized carbons (Fsp3) is 0.214. The second kappa shape index (κ2) is 6.11. The lowest BCUT2D eigenvalue weighted by Gasteiger charge is -2.09. The second-order valence-electron chi connectivity index (χ2n) is 4.50. The van der Waals surface area contributed by atoms with Gasteiger partial charge in [-0.05, 0) is 37.3 Å². The number of benzene rings is 1. The molecule has 0 atom stereocenters. The van der Waals surface area contributed by atoms with Crippen LogP contribution in [0.1, 0.15) is 11.4 Å². The second-order valence-corrected chi connectivity index (χ2v) is 6.27. The van der Waals surface area contributed by atoms with Crippen LogP contribution in [-0.2, 0) is 16.6 Å². The zero-order valence-corrected chi connectivity index (χ0v) is 12.6. The lowest BCUT2D eigenvalue weighted by Crippen LogP contribution is -2.24. The van der Waals surface area contributed by atoms with Crippen LogP contribution in [0.25, 0.3) is 0 Å². The number of aromatic nitrogens is 1. The van der Waals surface area contributed by atoms with Gasteiger partial charge in [0.25, 0.3) is 0 Å². The van der Waals surface area contributed by atoms with Crippen molar-refractivity contribution < 1.29 is 13.2 Å². The number of nitrogens with two attached hydrogens (primary N) is 1. The normalized spacial score (nSPS) is 11.3. The Bertz CT molecular complexity index is 745. The number of nitrogens with one attached hydrogen (secondary N) is 1. The fourth-order valence-corrected chi connectivity index (χ4v) is 2.86. The number of sulfonamides is 1. The summed E-state index contributed by atoms with van der Waals surface area (Å²) in [6.07, 6.45) is 0. The summed E-state index contributed by atoms with van der Waals surface area (Å²) in [5.74, 6) is 0.439. The van der Waals surface area contributed by atoms with E-state index in [2.05, 4.69) is 9.71 Å². The highest BCUT2D eigenvalue weighted by atomic mass is 32.2. The lowest BCUT2D eigenvalue weighted by atomic mass is 10.3. The van der Waals surface area contributed by atoms with Crippen molar-refractivity contribution in [1.29, 1.82) is 0 Å². The highest BCUT2D eigenvalue weighted by Gasteiger charge is 2.15. The maximum Gasteiger partial charge on any atom is 0.241 e. The molecule has 7 heteroatoms. The van der Waals surface area contributed by atoms with Gasteiger partial charge in [0, 0.05) is 5.69 Å². The van der Waals surface area contributed by atoms with Crippen LogP contribution in [0.2, 0.25) is 0 Å². The quantitative estimate of drug-likeness (QED) is 0.816. The molecule has 1 aromatic carbocycles. The molecule has 2 rings (SSSR count). The Kier molecular flexibility index (Phi) is 4.44. The van der Waals surface area contributed by atoms with Crippen LogP contribution in [0.3, 0.4) is 0 Å². The predicted molar refractivity (Wildman–Crippen MR) is 80.4 cm³/mol. The van der Waals surface area contributed by atoms with Crippen LogP contribution >= 0.6 is 0 Å². The van der Waals surface area contributed by atoms with Crippen molar-refractivity contribution >= 4 is 15.7 Å². The third kappa shape index (κ3) is 3.71. The molecule has 0 aliphatic rings. The van der Waals surface area contributed by atoms with E-state index in [-0.39, 0.29) is 17.1 Å². The topological polar surface area (TPSA) is 94.3 Å². The van der Waals surface area contributed by atoms with E-state index in [0.29, 0.717) is 11.4 Å². The van der Waals surface area contributed by atoms with Crippen molar-refractivity contribution in [2.45, 2.75) is 18.4 Å². The minimum absolute atomic E-state index is 0.0912. The number of aryl methyl sites for hydroxylation is 1. The molecule has 0 saturated heterocycles.